The van der Waals surface area contributed by atoms with Crippen LogP contribution in [0.4, 0.5) is 10.5 Å². The van der Waals surface area contributed by atoms with E-state index in [9.17, 15) is 14.9 Å². The largest absolute Gasteiger partial charge is 0.455 e. The van der Waals surface area contributed by atoms with Crippen molar-refractivity contribution in [1.29, 1.82) is 0 Å². The number of carbonyl (C=O) groups is 1. The number of urea groups is 1. The highest BCUT2D eigenvalue weighted by Crippen LogP contribution is 2.24. The van der Waals surface area contributed by atoms with E-state index in [2.05, 4.69) is 10.4 Å². The molecule has 2 aromatic rings. The van der Waals surface area contributed by atoms with Crippen molar-refractivity contribution < 1.29 is 14.1 Å². The lowest BCUT2D eigenvalue weighted by atomic mass is 10.1. The van der Waals surface area contributed by atoms with E-state index in [-0.39, 0.29) is 11.7 Å². The van der Waals surface area contributed by atoms with E-state index in [1.54, 1.807) is 24.3 Å². The fourth-order valence-corrected chi connectivity index (χ4v) is 2.02. The summed E-state index contributed by atoms with van der Waals surface area (Å²) in [5, 5.41) is 18.6. The van der Waals surface area contributed by atoms with Crippen LogP contribution in [0.15, 0.2) is 45.9 Å². The number of hydrogen-bond acceptors (Lipinski definition) is 5. The SMILES string of the molecule is O=C1NCCN1N=Cc1ccc(-c2ccc([N+](=O)[O-])cc2)o1. The van der Waals surface area contributed by atoms with Gasteiger partial charge in [-0.1, -0.05) is 0 Å². The second-order valence-corrected chi connectivity index (χ2v) is 4.61. The lowest BCUT2D eigenvalue weighted by molar-refractivity contribution is -0.384. The predicted molar refractivity (Wildman–Crippen MR) is 78.5 cm³/mol. The van der Waals surface area contributed by atoms with Gasteiger partial charge in [0.15, 0.2) is 0 Å². The van der Waals surface area contributed by atoms with Gasteiger partial charge in [-0.15, -0.1) is 0 Å². The number of non-ortho nitro benzene ring substituents is 1. The number of hydrogen-bond donors (Lipinski definition) is 1. The van der Waals surface area contributed by atoms with E-state index in [0.717, 1.165) is 5.56 Å². The number of furan rings is 1. The fourth-order valence-electron chi connectivity index (χ4n) is 2.02. The van der Waals surface area contributed by atoms with Crippen molar-refractivity contribution in [2.24, 2.45) is 5.10 Å². The van der Waals surface area contributed by atoms with Crippen LogP contribution in [0.1, 0.15) is 5.76 Å². The Morgan fingerprint density at radius 3 is 2.68 bits per heavy atom. The van der Waals surface area contributed by atoms with Gasteiger partial charge in [0.2, 0.25) is 0 Å². The molecule has 3 rings (SSSR count). The Balaban J connectivity index is 1.74. The number of nitrogens with one attached hydrogen (secondary N) is 1. The van der Waals surface area contributed by atoms with Crippen molar-refractivity contribution in [2.75, 3.05) is 13.1 Å². The number of rotatable bonds is 4. The van der Waals surface area contributed by atoms with Gasteiger partial charge in [-0.2, -0.15) is 5.10 Å². The molecule has 2 heterocycles. The fraction of sp³-hybridized carbons (Fsp3) is 0.143. The Kier molecular flexibility index (Phi) is 3.57. The third-order valence-corrected chi connectivity index (χ3v) is 3.15. The van der Waals surface area contributed by atoms with E-state index in [4.69, 9.17) is 4.42 Å². The van der Waals surface area contributed by atoms with Crippen LogP contribution in [0, 0.1) is 10.1 Å². The zero-order valence-electron chi connectivity index (χ0n) is 11.4. The number of nitro benzene ring substituents is 1. The molecule has 112 valence electrons. The van der Waals surface area contributed by atoms with Crippen LogP contribution in [-0.4, -0.2) is 35.3 Å². The summed E-state index contributed by atoms with van der Waals surface area (Å²) in [6, 6.07) is 9.29. The molecule has 0 bridgehead atoms. The van der Waals surface area contributed by atoms with Gasteiger partial charge in [0.05, 0.1) is 17.7 Å². The van der Waals surface area contributed by atoms with E-state index in [0.29, 0.717) is 24.6 Å². The van der Waals surface area contributed by atoms with Gasteiger partial charge >= 0.3 is 6.03 Å². The third-order valence-electron chi connectivity index (χ3n) is 3.15. The molecule has 2 amide bonds. The first-order chi connectivity index (χ1) is 10.6. The van der Waals surface area contributed by atoms with Gasteiger partial charge in [-0.25, -0.2) is 9.80 Å². The molecular formula is C14H12N4O4. The number of amides is 2. The first kappa shape index (κ1) is 13.8. The van der Waals surface area contributed by atoms with Gasteiger partial charge < -0.3 is 9.73 Å². The Morgan fingerprint density at radius 1 is 1.27 bits per heavy atom. The van der Waals surface area contributed by atoms with Crippen LogP contribution in [0.3, 0.4) is 0 Å². The molecule has 1 N–H and O–H groups in total. The zero-order chi connectivity index (χ0) is 15.5. The van der Waals surface area contributed by atoms with E-state index in [1.165, 1.54) is 23.4 Å². The summed E-state index contributed by atoms with van der Waals surface area (Å²) in [5.74, 6) is 1.07. The van der Waals surface area contributed by atoms with E-state index in [1.807, 2.05) is 0 Å². The van der Waals surface area contributed by atoms with Crippen molar-refractivity contribution in [1.82, 2.24) is 10.3 Å². The monoisotopic (exact) mass is 300 g/mol. The Labute approximate surface area is 125 Å². The van der Waals surface area contributed by atoms with Gasteiger partial charge in [-0.05, 0) is 24.3 Å². The van der Waals surface area contributed by atoms with Gasteiger partial charge in [0, 0.05) is 24.2 Å². The van der Waals surface area contributed by atoms with Crippen LogP contribution in [0.25, 0.3) is 11.3 Å². The molecule has 1 saturated heterocycles. The van der Waals surface area contributed by atoms with Gasteiger partial charge in [-0.3, -0.25) is 10.1 Å². The minimum Gasteiger partial charge on any atom is -0.455 e. The summed E-state index contributed by atoms with van der Waals surface area (Å²) in [6.07, 6.45) is 1.46. The van der Waals surface area contributed by atoms with Crippen LogP contribution >= 0.6 is 0 Å². The quantitative estimate of drug-likeness (QED) is 0.531. The van der Waals surface area contributed by atoms with Gasteiger partial charge in [0.25, 0.3) is 5.69 Å². The molecule has 1 aliphatic rings. The molecule has 0 radical (unpaired) electrons. The normalized spacial score (nSPS) is 14.5. The minimum absolute atomic E-state index is 0.0251. The first-order valence-corrected chi connectivity index (χ1v) is 6.57. The lowest BCUT2D eigenvalue weighted by Crippen LogP contribution is -2.23. The number of nitro groups is 1. The van der Waals surface area contributed by atoms with Crippen LogP contribution in [-0.2, 0) is 0 Å². The summed E-state index contributed by atoms with van der Waals surface area (Å²) in [4.78, 5) is 21.5. The van der Waals surface area contributed by atoms with Gasteiger partial charge in [0.1, 0.15) is 11.5 Å². The summed E-state index contributed by atoms with van der Waals surface area (Å²) in [5.41, 5.74) is 0.751. The first-order valence-electron chi connectivity index (χ1n) is 6.57. The van der Waals surface area contributed by atoms with Crippen molar-refractivity contribution in [2.45, 2.75) is 0 Å². The molecule has 0 saturated carbocycles. The second-order valence-electron chi connectivity index (χ2n) is 4.61. The molecule has 1 fully saturated rings. The van der Waals surface area contributed by atoms with Crippen LogP contribution in [0.2, 0.25) is 0 Å². The Bertz CT molecular complexity index is 736. The molecule has 8 heteroatoms. The molecule has 0 unspecified atom stereocenters. The standard InChI is InChI=1S/C14H12N4O4/c19-14-15-7-8-17(14)16-9-12-5-6-13(22-12)10-1-3-11(4-2-10)18(20)21/h1-6,9H,7-8H2,(H,15,19). The highest BCUT2D eigenvalue weighted by molar-refractivity contribution is 5.81. The third kappa shape index (κ3) is 2.80. The molecular weight excluding hydrogens is 288 g/mol. The highest BCUT2D eigenvalue weighted by Gasteiger charge is 2.18. The maximum Gasteiger partial charge on any atom is 0.337 e. The maximum atomic E-state index is 11.3. The molecule has 0 aliphatic carbocycles. The molecule has 1 aromatic carbocycles. The summed E-state index contributed by atoms with van der Waals surface area (Å²) >= 11 is 0. The number of hydrazone groups is 1. The number of nitrogens with zero attached hydrogens (tertiary/aromatic N) is 3. The van der Waals surface area contributed by atoms with E-state index >= 15 is 0 Å². The van der Waals surface area contributed by atoms with Crippen LogP contribution < -0.4 is 5.32 Å². The number of carbonyl (C=O) groups excluding carboxylic acids is 1. The maximum absolute atomic E-state index is 11.3. The molecule has 22 heavy (non-hydrogen) atoms. The van der Waals surface area contributed by atoms with Crippen molar-refractivity contribution in [3.63, 3.8) is 0 Å². The average Bonchev–Trinajstić information content (AvgIpc) is 3.14. The second kappa shape index (κ2) is 5.68. The lowest BCUT2D eigenvalue weighted by Gasteiger charge is -2.04. The molecule has 1 aromatic heterocycles. The smallest absolute Gasteiger partial charge is 0.337 e. The zero-order valence-corrected chi connectivity index (χ0v) is 11.4. The highest BCUT2D eigenvalue weighted by atomic mass is 16.6. The Morgan fingerprint density at radius 2 is 2.05 bits per heavy atom. The van der Waals surface area contributed by atoms with Crippen LogP contribution in [0.5, 0.6) is 0 Å². The topological polar surface area (TPSA) is 101 Å². The molecule has 0 atom stereocenters. The molecule has 8 nitrogen and oxygen atoms in total. The summed E-state index contributed by atoms with van der Waals surface area (Å²) in [7, 11) is 0. The minimum atomic E-state index is -0.453. The molecule has 0 spiro atoms. The van der Waals surface area contributed by atoms with Crippen molar-refractivity contribution >= 4 is 17.9 Å². The van der Waals surface area contributed by atoms with Crippen molar-refractivity contribution in [3.05, 3.63) is 52.3 Å². The Hall–Kier alpha value is -3.16. The molecule has 1 aliphatic heterocycles. The predicted octanol–water partition coefficient (Wildman–Crippen LogP) is 2.21. The van der Waals surface area contributed by atoms with Crippen molar-refractivity contribution in [3.8, 4) is 11.3 Å². The summed E-state index contributed by atoms with van der Waals surface area (Å²) in [6.45, 7) is 1.09. The van der Waals surface area contributed by atoms with E-state index < -0.39 is 4.92 Å². The summed E-state index contributed by atoms with van der Waals surface area (Å²) < 4.78 is 5.59. The average molecular weight is 300 g/mol. The number of benzene rings is 1.